The number of hydrogen-bond acceptors (Lipinski definition) is 5. The van der Waals surface area contributed by atoms with Gasteiger partial charge in [0.25, 0.3) is 0 Å². The van der Waals surface area contributed by atoms with Crippen molar-refractivity contribution in [1.82, 2.24) is 30.2 Å². The van der Waals surface area contributed by atoms with E-state index < -0.39 is 0 Å². The molecule has 0 aliphatic carbocycles. The fourth-order valence-electron chi connectivity index (χ4n) is 3.34. The Labute approximate surface area is 155 Å². The second-order valence-corrected chi connectivity index (χ2v) is 6.99. The fourth-order valence-corrected chi connectivity index (χ4v) is 3.83. The Morgan fingerprint density at radius 1 is 1.20 bits per heavy atom. The molecule has 1 aliphatic heterocycles. The van der Waals surface area contributed by atoms with Crippen LogP contribution in [0.5, 0.6) is 0 Å². The zero-order valence-corrected chi connectivity index (χ0v) is 15.2. The Morgan fingerprint density at radius 2 is 2.00 bits per heavy atom. The Kier molecular flexibility index (Phi) is 4.35. The first kappa shape index (κ1) is 16.4. The lowest BCUT2D eigenvalue weighted by molar-refractivity contribution is 0.488. The van der Waals surface area contributed by atoms with Gasteiger partial charge in [-0.05, 0) is 48.4 Å². The number of halogens is 2. The Morgan fingerprint density at radius 3 is 2.68 bits per heavy atom. The van der Waals surface area contributed by atoms with E-state index in [0.717, 1.165) is 37.3 Å². The van der Waals surface area contributed by atoms with Crippen LogP contribution in [0.1, 0.15) is 30.1 Å². The fraction of sp³-hybridized carbons (Fsp3) is 0.375. The molecule has 3 aromatic rings. The van der Waals surface area contributed by atoms with Gasteiger partial charge >= 0.3 is 0 Å². The summed E-state index contributed by atoms with van der Waals surface area (Å²) >= 11 is 12.3. The standard InChI is InChI=1S/C16H17Cl2N7/c1-10-15(20-9-19-10)11-4-6-24(7-5-11)16-21-22-23-25(16)14-3-2-12(17)8-13(14)18/h2-3,8-9,11H,4-7H2,1H3,(H,19,20). The topological polar surface area (TPSA) is 75.5 Å². The summed E-state index contributed by atoms with van der Waals surface area (Å²) in [6.07, 6.45) is 3.80. The van der Waals surface area contributed by atoms with Crippen LogP contribution < -0.4 is 4.90 Å². The van der Waals surface area contributed by atoms with Crippen LogP contribution in [0.4, 0.5) is 5.95 Å². The minimum Gasteiger partial charge on any atom is -0.348 e. The highest BCUT2D eigenvalue weighted by Crippen LogP contribution is 2.31. The third kappa shape index (κ3) is 3.09. The third-order valence-electron chi connectivity index (χ3n) is 4.65. The molecule has 0 unspecified atom stereocenters. The van der Waals surface area contributed by atoms with Gasteiger partial charge in [-0.2, -0.15) is 4.68 Å². The summed E-state index contributed by atoms with van der Waals surface area (Å²) in [7, 11) is 0. The van der Waals surface area contributed by atoms with E-state index in [-0.39, 0.29) is 0 Å². The van der Waals surface area contributed by atoms with Gasteiger partial charge in [0.15, 0.2) is 0 Å². The highest BCUT2D eigenvalue weighted by Gasteiger charge is 2.26. The highest BCUT2D eigenvalue weighted by atomic mass is 35.5. The van der Waals surface area contributed by atoms with Crippen LogP contribution in [0.2, 0.25) is 10.0 Å². The van der Waals surface area contributed by atoms with E-state index in [1.54, 1.807) is 23.1 Å². The van der Waals surface area contributed by atoms with Crippen LogP contribution >= 0.6 is 23.2 Å². The van der Waals surface area contributed by atoms with Crippen molar-refractivity contribution in [3.8, 4) is 5.69 Å². The van der Waals surface area contributed by atoms with E-state index in [1.165, 1.54) is 5.69 Å². The largest absolute Gasteiger partial charge is 0.348 e. The first-order chi connectivity index (χ1) is 12.1. The number of imidazole rings is 1. The van der Waals surface area contributed by atoms with E-state index in [9.17, 15) is 0 Å². The zero-order valence-electron chi connectivity index (χ0n) is 13.7. The number of rotatable bonds is 3. The molecular weight excluding hydrogens is 361 g/mol. The molecular formula is C16H17Cl2N7. The zero-order chi connectivity index (χ0) is 17.4. The molecule has 1 aromatic carbocycles. The minimum absolute atomic E-state index is 0.488. The van der Waals surface area contributed by atoms with E-state index in [4.69, 9.17) is 23.2 Å². The van der Waals surface area contributed by atoms with Crippen molar-refractivity contribution in [1.29, 1.82) is 0 Å². The smallest absolute Gasteiger partial charge is 0.250 e. The summed E-state index contributed by atoms with van der Waals surface area (Å²) in [4.78, 5) is 9.76. The van der Waals surface area contributed by atoms with Crippen LogP contribution in [0.3, 0.4) is 0 Å². The van der Waals surface area contributed by atoms with E-state index in [1.807, 2.05) is 13.0 Å². The van der Waals surface area contributed by atoms with Crippen LogP contribution in [-0.2, 0) is 0 Å². The molecule has 0 saturated carbocycles. The molecule has 1 saturated heterocycles. The predicted octanol–water partition coefficient (Wildman–Crippen LogP) is 3.38. The molecule has 9 heteroatoms. The molecule has 0 bridgehead atoms. The van der Waals surface area contributed by atoms with Crippen LogP contribution in [-0.4, -0.2) is 43.3 Å². The predicted molar refractivity (Wildman–Crippen MR) is 96.7 cm³/mol. The normalized spacial score (nSPS) is 15.7. The first-order valence-electron chi connectivity index (χ1n) is 8.12. The van der Waals surface area contributed by atoms with E-state index >= 15 is 0 Å². The number of aromatic nitrogens is 6. The molecule has 1 aliphatic rings. The van der Waals surface area contributed by atoms with Crippen molar-refractivity contribution in [2.75, 3.05) is 18.0 Å². The SMILES string of the molecule is Cc1nc[nH]c1C1CCN(c2nnnn2-c2ccc(Cl)cc2Cl)CC1. The third-order valence-corrected chi connectivity index (χ3v) is 5.18. The van der Waals surface area contributed by atoms with Crippen molar-refractivity contribution in [3.63, 3.8) is 0 Å². The minimum atomic E-state index is 0.488. The lowest BCUT2D eigenvalue weighted by Crippen LogP contribution is -2.35. The van der Waals surface area contributed by atoms with Gasteiger partial charge in [0.2, 0.25) is 5.95 Å². The number of hydrogen-bond donors (Lipinski definition) is 1. The summed E-state index contributed by atoms with van der Waals surface area (Å²) in [6.45, 7) is 3.78. The number of benzene rings is 1. The molecule has 2 aromatic heterocycles. The van der Waals surface area contributed by atoms with Gasteiger partial charge in [0.1, 0.15) is 0 Å². The lowest BCUT2D eigenvalue weighted by atomic mass is 9.93. The molecule has 130 valence electrons. The van der Waals surface area contributed by atoms with Gasteiger partial charge in [-0.1, -0.05) is 28.3 Å². The Hall–Kier alpha value is -2.12. The van der Waals surface area contributed by atoms with Gasteiger partial charge in [0.05, 0.1) is 22.7 Å². The number of tetrazole rings is 1. The maximum absolute atomic E-state index is 6.31. The number of H-pyrrole nitrogens is 1. The molecule has 4 rings (SSSR count). The number of nitrogens with one attached hydrogen (secondary N) is 1. The van der Waals surface area contributed by atoms with E-state index in [0.29, 0.717) is 21.9 Å². The number of anilines is 1. The van der Waals surface area contributed by atoms with E-state index in [2.05, 4.69) is 30.4 Å². The van der Waals surface area contributed by atoms with Gasteiger partial charge in [-0.15, -0.1) is 0 Å². The quantitative estimate of drug-likeness (QED) is 0.756. The van der Waals surface area contributed by atoms with Crippen molar-refractivity contribution in [2.24, 2.45) is 0 Å². The van der Waals surface area contributed by atoms with Crippen molar-refractivity contribution in [2.45, 2.75) is 25.7 Å². The summed E-state index contributed by atoms with van der Waals surface area (Å²) in [5, 5.41) is 13.2. The summed E-state index contributed by atoms with van der Waals surface area (Å²) in [5.41, 5.74) is 3.04. The van der Waals surface area contributed by atoms with Crippen molar-refractivity contribution in [3.05, 3.63) is 46.0 Å². The van der Waals surface area contributed by atoms with Crippen LogP contribution in [0.15, 0.2) is 24.5 Å². The van der Waals surface area contributed by atoms with Gasteiger partial charge < -0.3 is 9.88 Å². The highest BCUT2D eigenvalue weighted by molar-refractivity contribution is 6.35. The van der Waals surface area contributed by atoms with Crippen LogP contribution in [0.25, 0.3) is 5.69 Å². The van der Waals surface area contributed by atoms with Gasteiger partial charge in [-0.3, -0.25) is 0 Å². The van der Waals surface area contributed by atoms with Gasteiger partial charge in [0, 0.05) is 29.7 Å². The second-order valence-electron chi connectivity index (χ2n) is 6.15. The summed E-state index contributed by atoms with van der Waals surface area (Å²) in [6, 6.07) is 5.30. The molecule has 7 nitrogen and oxygen atoms in total. The van der Waals surface area contributed by atoms with Crippen molar-refractivity contribution < 1.29 is 0 Å². The second kappa shape index (κ2) is 6.65. The molecule has 1 N–H and O–H groups in total. The Bertz CT molecular complexity index is 880. The molecule has 0 atom stereocenters. The Balaban J connectivity index is 1.55. The molecule has 3 heterocycles. The number of aromatic amines is 1. The maximum atomic E-state index is 6.31. The van der Waals surface area contributed by atoms with Crippen LogP contribution in [0, 0.1) is 6.92 Å². The maximum Gasteiger partial charge on any atom is 0.250 e. The lowest BCUT2D eigenvalue weighted by Gasteiger charge is -2.32. The average molecular weight is 378 g/mol. The average Bonchev–Trinajstić information content (AvgIpc) is 3.24. The van der Waals surface area contributed by atoms with Crippen molar-refractivity contribution >= 4 is 29.2 Å². The monoisotopic (exact) mass is 377 g/mol. The molecule has 0 radical (unpaired) electrons. The summed E-state index contributed by atoms with van der Waals surface area (Å²) < 4.78 is 1.67. The molecule has 1 fully saturated rings. The first-order valence-corrected chi connectivity index (χ1v) is 8.87. The number of nitrogens with zero attached hydrogens (tertiary/aromatic N) is 6. The van der Waals surface area contributed by atoms with Gasteiger partial charge in [-0.25, -0.2) is 4.98 Å². The molecule has 0 amide bonds. The summed E-state index contributed by atoms with van der Waals surface area (Å²) in [5.74, 6) is 1.19. The molecule has 0 spiro atoms. The number of piperidine rings is 1. The number of aryl methyl sites for hydroxylation is 1. The molecule has 25 heavy (non-hydrogen) atoms.